The number of hydrogen-bond donors (Lipinski definition) is 1. The lowest BCUT2D eigenvalue weighted by atomic mass is 9.97. The molecule has 0 bridgehead atoms. The molecule has 2 aromatic rings. The van der Waals surface area contributed by atoms with Crippen LogP contribution in [0.5, 0.6) is 11.5 Å². The minimum absolute atomic E-state index is 0.102. The van der Waals surface area contributed by atoms with Gasteiger partial charge >= 0.3 is 0 Å². The van der Waals surface area contributed by atoms with Crippen molar-refractivity contribution in [3.8, 4) is 22.6 Å². The van der Waals surface area contributed by atoms with Gasteiger partial charge < -0.3 is 9.47 Å². The lowest BCUT2D eigenvalue weighted by molar-refractivity contribution is 0.0733. The molecule has 1 heterocycles. The molecule has 104 valence electrons. The Bertz CT molecular complexity index is 637. The van der Waals surface area contributed by atoms with Gasteiger partial charge in [-0.25, -0.2) is 0 Å². The van der Waals surface area contributed by atoms with Crippen molar-refractivity contribution in [2.24, 2.45) is 0 Å². The van der Waals surface area contributed by atoms with E-state index in [0.717, 1.165) is 17.1 Å². The van der Waals surface area contributed by atoms with Gasteiger partial charge in [0, 0.05) is 5.56 Å². The Morgan fingerprint density at radius 2 is 1.95 bits per heavy atom. The van der Waals surface area contributed by atoms with Crippen LogP contribution in [0.4, 0.5) is 0 Å². The molecule has 1 aliphatic heterocycles. The van der Waals surface area contributed by atoms with Crippen LogP contribution in [0.2, 0.25) is 0 Å². The molecule has 0 spiro atoms. The van der Waals surface area contributed by atoms with Gasteiger partial charge in [0.25, 0.3) is 0 Å². The average molecular weight is 269 g/mol. The average Bonchev–Trinajstić information content (AvgIpc) is 2.46. The van der Waals surface area contributed by atoms with E-state index in [4.69, 9.17) is 9.47 Å². The molecular formula is C17H19NO2. The highest BCUT2D eigenvalue weighted by molar-refractivity contribution is 5.76. The number of benzene rings is 2. The predicted molar refractivity (Wildman–Crippen MR) is 80.3 cm³/mol. The first-order valence-corrected chi connectivity index (χ1v) is 6.86. The lowest BCUT2D eigenvalue weighted by Crippen LogP contribution is -2.39. The molecule has 20 heavy (non-hydrogen) atoms. The number of aryl methyl sites for hydroxylation is 2. The zero-order chi connectivity index (χ0) is 14.1. The van der Waals surface area contributed by atoms with Gasteiger partial charge in [-0.15, -0.1) is 0 Å². The Morgan fingerprint density at radius 3 is 2.70 bits per heavy atom. The van der Waals surface area contributed by atoms with Gasteiger partial charge in [0.05, 0.1) is 0 Å². The summed E-state index contributed by atoms with van der Waals surface area (Å²) < 4.78 is 11.8. The summed E-state index contributed by atoms with van der Waals surface area (Å²) in [5.41, 5.74) is 4.78. The Kier molecular flexibility index (Phi) is 3.36. The SMILES string of the molecule is CN[C@@H]1COc2cccc(-c3ccc(C)cc3C)c2O1. The van der Waals surface area contributed by atoms with E-state index in [-0.39, 0.29) is 6.23 Å². The highest BCUT2D eigenvalue weighted by Gasteiger charge is 2.23. The van der Waals surface area contributed by atoms with Gasteiger partial charge in [0.2, 0.25) is 0 Å². The van der Waals surface area contributed by atoms with Crippen LogP contribution in [0.25, 0.3) is 11.1 Å². The molecule has 3 rings (SSSR count). The van der Waals surface area contributed by atoms with Crippen LogP contribution in [0.15, 0.2) is 36.4 Å². The van der Waals surface area contributed by atoms with Gasteiger partial charge in [-0.05, 0) is 38.1 Å². The Labute approximate surface area is 119 Å². The van der Waals surface area contributed by atoms with E-state index in [1.165, 1.54) is 16.7 Å². The summed E-state index contributed by atoms with van der Waals surface area (Å²) in [6.07, 6.45) is -0.102. The molecule has 0 saturated carbocycles. The first-order valence-electron chi connectivity index (χ1n) is 6.86. The van der Waals surface area contributed by atoms with Crippen LogP contribution >= 0.6 is 0 Å². The fourth-order valence-electron chi connectivity index (χ4n) is 2.56. The number of fused-ring (bicyclic) bond motifs is 1. The summed E-state index contributed by atoms with van der Waals surface area (Å²) in [7, 11) is 1.87. The van der Waals surface area contributed by atoms with Gasteiger partial charge in [-0.1, -0.05) is 35.9 Å². The molecule has 0 saturated heterocycles. The third kappa shape index (κ3) is 2.25. The quantitative estimate of drug-likeness (QED) is 0.907. The second kappa shape index (κ2) is 5.17. The monoisotopic (exact) mass is 269 g/mol. The second-order valence-corrected chi connectivity index (χ2v) is 5.16. The lowest BCUT2D eigenvalue weighted by Gasteiger charge is -2.28. The van der Waals surface area contributed by atoms with Crippen LogP contribution in [-0.2, 0) is 0 Å². The highest BCUT2D eigenvalue weighted by Crippen LogP contribution is 2.41. The smallest absolute Gasteiger partial charge is 0.184 e. The number of para-hydroxylation sites is 1. The van der Waals surface area contributed by atoms with Crippen LogP contribution in [0.3, 0.4) is 0 Å². The molecule has 1 N–H and O–H groups in total. The zero-order valence-corrected chi connectivity index (χ0v) is 12.1. The third-order valence-corrected chi connectivity index (χ3v) is 3.62. The van der Waals surface area contributed by atoms with Gasteiger partial charge in [-0.3, -0.25) is 5.32 Å². The van der Waals surface area contributed by atoms with Crippen molar-refractivity contribution in [3.63, 3.8) is 0 Å². The molecule has 3 heteroatoms. The van der Waals surface area contributed by atoms with Crippen molar-refractivity contribution in [1.29, 1.82) is 0 Å². The molecule has 0 radical (unpaired) electrons. The van der Waals surface area contributed by atoms with Crippen molar-refractivity contribution < 1.29 is 9.47 Å². The molecule has 0 aromatic heterocycles. The molecule has 0 fully saturated rings. The predicted octanol–water partition coefficient (Wildman–Crippen LogP) is 3.29. The summed E-state index contributed by atoms with van der Waals surface area (Å²) in [4.78, 5) is 0. The molecule has 0 unspecified atom stereocenters. The van der Waals surface area contributed by atoms with Gasteiger partial charge in [0.15, 0.2) is 17.7 Å². The van der Waals surface area contributed by atoms with Crippen LogP contribution in [-0.4, -0.2) is 19.9 Å². The minimum atomic E-state index is -0.102. The van der Waals surface area contributed by atoms with Crippen LogP contribution in [0.1, 0.15) is 11.1 Å². The maximum Gasteiger partial charge on any atom is 0.184 e. The third-order valence-electron chi connectivity index (χ3n) is 3.62. The number of ether oxygens (including phenoxy) is 2. The zero-order valence-electron chi connectivity index (χ0n) is 12.1. The number of likely N-dealkylation sites (N-methyl/N-ethyl adjacent to an activating group) is 1. The highest BCUT2D eigenvalue weighted by atomic mass is 16.6. The summed E-state index contributed by atoms with van der Waals surface area (Å²) in [5, 5.41) is 3.10. The fraction of sp³-hybridized carbons (Fsp3) is 0.294. The Balaban J connectivity index is 2.10. The van der Waals surface area contributed by atoms with E-state index in [1.807, 2.05) is 19.2 Å². The number of hydrogen-bond acceptors (Lipinski definition) is 3. The standard InChI is InChI=1S/C17H19NO2/c1-11-7-8-13(12(2)9-11)14-5-4-6-15-17(14)20-16(18-3)10-19-15/h4-9,16,18H,10H2,1-3H3/t16-/m0/s1. The molecular weight excluding hydrogens is 250 g/mol. The second-order valence-electron chi connectivity index (χ2n) is 5.16. The van der Waals surface area contributed by atoms with Crippen molar-refractivity contribution >= 4 is 0 Å². The first kappa shape index (κ1) is 13.0. The van der Waals surface area contributed by atoms with E-state index < -0.39 is 0 Å². The summed E-state index contributed by atoms with van der Waals surface area (Å²) in [6.45, 7) is 4.76. The van der Waals surface area contributed by atoms with Crippen molar-refractivity contribution in [1.82, 2.24) is 5.32 Å². The number of nitrogens with one attached hydrogen (secondary N) is 1. The molecule has 0 amide bonds. The normalized spacial score (nSPS) is 17.1. The minimum Gasteiger partial charge on any atom is -0.484 e. The van der Waals surface area contributed by atoms with E-state index in [1.54, 1.807) is 0 Å². The van der Waals surface area contributed by atoms with Crippen molar-refractivity contribution in [2.45, 2.75) is 20.1 Å². The van der Waals surface area contributed by atoms with E-state index in [2.05, 4.69) is 43.4 Å². The maximum absolute atomic E-state index is 6.02. The van der Waals surface area contributed by atoms with Crippen molar-refractivity contribution in [2.75, 3.05) is 13.7 Å². The van der Waals surface area contributed by atoms with Crippen LogP contribution < -0.4 is 14.8 Å². The largest absolute Gasteiger partial charge is 0.484 e. The summed E-state index contributed by atoms with van der Waals surface area (Å²) in [5.74, 6) is 1.64. The molecule has 1 aliphatic rings. The maximum atomic E-state index is 6.02. The number of rotatable bonds is 2. The van der Waals surface area contributed by atoms with Gasteiger partial charge in [-0.2, -0.15) is 0 Å². The Hall–Kier alpha value is -2.00. The van der Waals surface area contributed by atoms with Crippen molar-refractivity contribution in [3.05, 3.63) is 47.5 Å². The molecule has 3 nitrogen and oxygen atoms in total. The fourth-order valence-corrected chi connectivity index (χ4v) is 2.56. The molecule has 1 atom stereocenters. The first-order chi connectivity index (χ1) is 9.69. The van der Waals surface area contributed by atoms with E-state index >= 15 is 0 Å². The summed E-state index contributed by atoms with van der Waals surface area (Å²) >= 11 is 0. The summed E-state index contributed by atoms with van der Waals surface area (Å²) in [6, 6.07) is 12.5. The van der Waals surface area contributed by atoms with E-state index in [0.29, 0.717) is 6.61 Å². The van der Waals surface area contributed by atoms with Gasteiger partial charge in [0.1, 0.15) is 6.61 Å². The molecule has 0 aliphatic carbocycles. The Morgan fingerprint density at radius 1 is 1.10 bits per heavy atom. The van der Waals surface area contributed by atoms with E-state index in [9.17, 15) is 0 Å². The molecule has 2 aromatic carbocycles. The topological polar surface area (TPSA) is 30.5 Å². The van der Waals surface area contributed by atoms with Crippen LogP contribution in [0, 0.1) is 13.8 Å².